The molecule has 0 unspecified atom stereocenters. The number of rotatable bonds is 9. The van der Waals surface area contributed by atoms with Crippen LogP contribution in [0.3, 0.4) is 0 Å². The van der Waals surface area contributed by atoms with Gasteiger partial charge in [0.2, 0.25) is 0 Å². The van der Waals surface area contributed by atoms with Crippen LogP contribution in [0.5, 0.6) is 0 Å². The summed E-state index contributed by atoms with van der Waals surface area (Å²) in [6.07, 6.45) is 2.97. The number of nitrogens with zero attached hydrogens (tertiary/aromatic N) is 2. The monoisotopic (exact) mass is 477 g/mol. The maximum Gasteiger partial charge on any atom is 0.252 e. The van der Waals surface area contributed by atoms with E-state index >= 15 is 4.39 Å². The Kier molecular flexibility index (Phi) is 7.74. The number of ether oxygens (including phenoxy) is 1. The van der Waals surface area contributed by atoms with E-state index in [4.69, 9.17) is 4.74 Å². The summed E-state index contributed by atoms with van der Waals surface area (Å²) in [6.45, 7) is -0.0321. The molecule has 3 aromatic rings. The smallest absolute Gasteiger partial charge is 0.252 e. The molecule has 2 aromatic carbocycles. The Morgan fingerprint density at radius 3 is 2.60 bits per heavy atom. The van der Waals surface area contributed by atoms with Gasteiger partial charge in [-0.05, 0) is 53.6 Å². The first-order valence-corrected chi connectivity index (χ1v) is 11.1. The molecule has 2 heterocycles. The number of hydrogen-bond donors (Lipinski definition) is 2. The van der Waals surface area contributed by atoms with Crippen LogP contribution in [0.2, 0.25) is 0 Å². The van der Waals surface area contributed by atoms with Gasteiger partial charge in [0.25, 0.3) is 5.91 Å². The van der Waals surface area contributed by atoms with Crippen LogP contribution in [0.1, 0.15) is 27.2 Å². The summed E-state index contributed by atoms with van der Waals surface area (Å²) in [5, 5.41) is 12.7. The third-order valence-corrected chi connectivity index (χ3v) is 5.86. The van der Waals surface area contributed by atoms with E-state index in [0.29, 0.717) is 17.8 Å². The molecule has 0 spiro atoms. The molecule has 2 atom stereocenters. The van der Waals surface area contributed by atoms with E-state index in [1.165, 1.54) is 37.4 Å². The number of halogens is 2. The van der Waals surface area contributed by atoms with Crippen LogP contribution in [0.4, 0.5) is 8.78 Å². The Hall–Kier alpha value is -3.75. The summed E-state index contributed by atoms with van der Waals surface area (Å²) in [7, 11) is 1.45. The second-order valence-corrected chi connectivity index (χ2v) is 8.10. The predicted octanol–water partition coefficient (Wildman–Crippen LogP) is 3.59. The largest absolute Gasteiger partial charge is 0.394 e. The number of nitrogens with one attached hydrogen (secondary N) is 1. The van der Waals surface area contributed by atoms with Gasteiger partial charge in [-0.15, -0.1) is 0 Å². The highest BCUT2D eigenvalue weighted by atomic mass is 19.1. The van der Waals surface area contributed by atoms with Gasteiger partial charge in [0.15, 0.2) is 0 Å². The van der Waals surface area contributed by atoms with Gasteiger partial charge in [-0.25, -0.2) is 8.78 Å². The summed E-state index contributed by atoms with van der Waals surface area (Å²) < 4.78 is 33.7. The lowest BCUT2D eigenvalue weighted by atomic mass is 9.98. The molecule has 0 saturated carbocycles. The number of allylic oxidation sites excluding steroid dienone is 1. The minimum absolute atomic E-state index is 0.0802. The van der Waals surface area contributed by atoms with E-state index in [0.717, 1.165) is 11.1 Å². The molecule has 0 saturated heterocycles. The molecule has 0 aliphatic carbocycles. The Morgan fingerprint density at radius 1 is 1.11 bits per heavy atom. The van der Waals surface area contributed by atoms with Crippen molar-refractivity contribution in [3.05, 3.63) is 107 Å². The third kappa shape index (κ3) is 5.67. The molecule has 0 bridgehead atoms. The van der Waals surface area contributed by atoms with Crippen molar-refractivity contribution in [2.45, 2.75) is 18.6 Å². The number of carbonyl (C=O) groups excluding carboxylic acids is 1. The summed E-state index contributed by atoms with van der Waals surface area (Å²) in [6, 6.07) is 15.0. The zero-order valence-corrected chi connectivity index (χ0v) is 19.1. The average molecular weight is 478 g/mol. The summed E-state index contributed by atoms with van der Waals surface area (Å²) in [5.74, 6) is -1.46. The maximum absolute atomic E-state index is 15.0. The molecule has 4 rings (SSSR count). The molecule has 35 heavy (non-hydrogen) atoms. The molecule has 1 amide bonds. The fourth-order valence-corrected chi connectivity index (χ4v) is 4.02. The minimum atomic E-state index is -0.688. The van der Waals surface area contributed by atoms with Crippen LogP contribution < -0.4 is 5.32 Å². The predicted molar refractivity (Wildman–Crippen MR) is 129 cm³/mol. The number of aliphatic hydroxyl groups is 1. The molecule has 0 radical (unpaired) electrons. The number of aliphatic hydroxyl groups excluding tert-OH is 1. The number of amides is 1. The number of aromatic nitrogens is 1. The second-order valence-electron chi connectivity index (χ2n) is 8.10. The van der Waals surface area contributed by atoms with E-state index in [2.05, 4.69) is 15.3 Å². The van der Waals surface area contributed by atoms with Crippen molar-refractivity contribution in [1.29, 1.82) is 0 Å². The molecule has 0 fully saturated rings. The highest BCUT2D eigenvalue weighted by Crippen LogP contribution is 2.25. The topological polar surface area (TPSA) is 83.8 Å². The normalized spacial score (nSPS) is 14.7. The van der Waals surface area contributed by atoms with Gasteiger partial charge in [-0.2, -0.15) is 0 Å². The van der Waals surface area contributed by atoms with Gasteiger partial charge >= 0.3 is 0 Å². The first-order chi connectivity index (χ1) is 17.0. The van der Waals surface area contributed by atoms with Crippen molar-refractivity contribution in [1.82, 2.24) is 10.3 Å². The molecule has 180 valence electrons. The Morgan fingerprint density at radius 2 is 1.91 bits per heavy atom. The van der Waals surface area contributed by atoms with Crippen LogP contribution >= 0.6 is 0 Å². The van der Waals surface area contributed by atoms with E-state index in [1.807, 2.05) is 12.1 Å². The van der Waals surface area contributed by atoms with Crippen molar-refractivity contribution in [3.63, 3.8) is 0 Å². The van der Waals surface area contributed by atoms with Crippen molar-refractivity contribution >= 4 is 17.2 Å². The number of methoxy groups -OCH3 is 1. The first kappa shape index (κ1) is 24.4. The van der Waals surface area contributed by atoms with Crippen LogP contribution in [-0.2, 0) is 11.2 Å². The van der Waals surface area contributed by atoms with Crippen LogP contribution in [-0.4, -0.2) is 54.1 Å². The maximum atomic E-state index is 15.0. The highest BCUT2D eigenvalue weighted by molar-refractivity contribution is 6.19. The highest BCUT2D eigenvalue weighted by Gasteiger charge is 2.27. The van der Waals surface area contributed by atoms with Crippen LogP contribution in [0.15, 0.2) is 77.9 Å². The number of aliphatic imine (C=N–C) groups is 1. The van der Waals surface area contributed by atoms with Gasteiger partial charge in [0.05, 0.1) is 30.5 Å². The summed E-state index contributed by atoms with van der Waals surface area (Å²) >= 11 is 0. The molecular weight excluding hydrogens is 452 g/mol. The number of hydrogen-bond acceptors (Lipinski definition) is 5. The van der Waals surface area contributed by atoms with Gasteiger partial charge in [0.1, 0.15) is 17.7 Å². The van der Waals surface area contributed by atoms with E-state index in [1.54, 1.807) is 30.5 Å². The van der Waals surface area contributed by atoms with Crippen LogP contribution in [0.25, 0.3) is 5.57 Å². The SMILES string of the molecule is CO[C@H](CO)[C@@H](Cc1ccccn1)NC(=O)c1cccc(F)c1C1=NCC(c2ccc(F)cc2)=C1. The van der Waals surface area contributed by atoms with Gasteiger partial charge in [0, 0.05) is 31.0 Å². The standard InChI is InChI=1S/C27H25F2N3O3/c1-35-25(16-33)23(14-20-5-2-3-12-30-20)32-27(34)21-6-4-7-22(29)26(21)24-13-18(15-31-24)17-8-10-19(28)11-9-17/h2-13,23,25,33H,14-16H2,1H3,(H,32,34)/t23-,25-/m1/s1. The quantitative estimate of drug-likeness (QED) is 0.493. The lowest BCUT2D eigenvalue weighted by Crippen LogP contribution is -2.47. The van der Waals surface area contributed by atoms with E-state index < -0.39 is 23.9 Å². The van der Waals surface area contributed by atoms with Gasteiger partial charge < -0.3 is 15.2 Å². The summed E-state index contributed by atoms with van der Waals surface area (Å²) in [4.78, 5) is 22.1. The molecule has 1 aromatic heterocycles. The molecule has 8 heteroatoms. The Balaban J connectivity index is 1.62. The molecular formula is C27H25F2N3O3. The van der Waals surface area contributed by atoms with Crippen molar-refractivity contribution in [2.24, 2.45) is 4.99 Å². The Labute approximate surface area is 202 Å². The minimum Gasteiger partial charge on any atom is -0.394 e. The lowest BCUT2D eigenvalue weighted by molar-refractivity contribution is 0.0214. The van der Waals surface area contributed by atoms with Gasteiger partial charge in [-0.3, -0.25) is 14.8 Å². The average Bonchev–Trinajstić information content (AvgIpc) is 3.35. The molecule has 1 aliphatic heterocycles. The molecule has 2 N–H and O–H groups in total. The zero-order chi connectivity index (χ0) is 24.8. The summed E-state index contributed by atoms with van der Waals surface area (Å²) in [5.41, 5.74) is 2.80. The van der Waals surface area contributed by atoms with E-state index in [9.17, 15) is 14.3 Å². The first-order valence-electron chi connectivity index (χ1n) is 11.1. The molecule has 1 aliphatic rings. The van der Waals surface area contributed by atoms with Gasteiger partial charge in [-0.1, -0.05) is 24.3 Å². The second kappa shape index (κ2) is 11.1. The number of pyridine rings is 1. The Bertz CT molecular complexity index is 1240. The van der Waals surface area contributed by atoms with Crippen LogP contribution in [0, 0.1) is 11.6 Å². The van der Waals surface area contributed by atoms with Crippen molar-refractivity contribution in [2.75, 3.05) is 20.3 Å². The molecule has 6 nitrogen and oxygen atoms in total. The fraction of sp³-hybridized carbons (Fsp3) is 0.222. The number of carbonyl (C=O) groups is 1. The van der Waals surface area contributed by atoms with Crippen molar-refractivity contribution in [3.8, 4) is 0 Å². The van der Waals surface area contributed by atoms with E-state index in [-0.39, 0.29) is 30.1 Å². The zero-order valence-electron chi connectivity index (χ0n) is 19.1. The number of benzene rings is 2. The third-order valence-electron chi connectivity index (χ3n) is 5.86. The fourth-order valence-electron chi connectivity index (χ4n) is 4.02. The van der Waals surface area contributed by atoms with Crippen molar-refractivity contribution < 1.29 is 23.4 Å². The lowest BCUT2D eigenvalue weighted by Gasteiger charge is -2.26.